The number of carboxylic acid groups (broad SMARTS) is 1. The third-order valence-corrected chi connectivity index (χ3v) is 6.27. The zero-order valence-electron chi connectivity index (χ0n) is 18.5. The van der Waals surface area contributed by atoms with E-state index < -0.39 is 24.2 Å². The van der Waals surface area contributed by atoms with Crippen molar-refractivity contribution in [1.82, 2.24) is 10.2 Å². The van der Waals surface area contributed by atoms with Gasteiger partial charge in [0.25, 0.3) is 5.91 Å². The lowest BCUT2D eigenvalue weighted by Crippen LogP contribution is -2.50. The van der Waals surface area contributed by atoms with Gasteiger partial charge in [-0.25, -0.2) is 4.79 Å². The maximum atomic E-state index is 12.8. The Morgan fingerprint density at radius 2 is 1.73 bits per heavy atom. The zero-order valence-corrected chi connectivity index (χ0v) is 18.5. The lowest BCUT2D eigenvalue weighted by atomic mass is 9.98. The SMILES string of the molecule is CCN(CCC(=O)O)C(=O)[C@H]1OCC[C@H]1NC(=O)OCC1c2ccccc2-c2ccccc21. The summed E-state index contributed by atoms with van der Waals surface area (Å²) in [7, 11) is 0. The van der Waals surface area contributed by atoms with Crippen molar-refractivity contribution in [3.05, 3.63) is 59.7 Å². The first-order valence-electron chi connectivity index (χ1n) is 11.2. The summed E-state index contributed by atoms with van der Waals surface area (Å²) in [5, 5.41) is 11.7. The molecule has 2 amide bonds. The second-order valence-electron chi connectivity index (χ2n) is 8.22. The van der Waals surface area contributed by atoms with Gasteiger partial charge >= 0.3 is 12.1 Å². The van der Waals surface area contributed by atoms with E-state index in [1.54, 1.807) is 6.92 Å². The van der Waals surface area contributed by atoms with Crippen LogP contribution in [0.15, 0.2) is 48.5 Å². The first kappa shape index (κ1) is 22.8. The fraction of sp³-hybridized carbons (Fsp3) is 0.400. The third-order valence-electron chi connectivity index (χ3n) is 6.27. The molecule has 0 saturated carbocycles. The van der Waals surface area contributed by atoms with Gasteiger partial charge in [-0.1, -0.05) is 48.5 Å². The highest BCUT2D eigenvalue weighted by molar-refractivity contribution is 5.83. The maximum absolute atomic E-state index is 12.8. The number of likely N-dealkylation sites (N-methyl/N-ethyl adjacent to an activating group) is 1. The summed E-state index contributed by atoms with van der Waals surface area (Å²) in [4.78, 5) is 37.8. The van der Waals surface area contributed by atoms with E-state index >= 15 is 0 Å². The van der Waals surface area contributed by atoms with Crippen molar-refractivity contribution in [3.8, 4) is 11.1 Å². The monoisotopic (exact) mass is 452 g/mol. The Labute approximate surface area is 192 Å². The molecule has 2 aromatic rings. The number of ether oxygens (including phenoxy) is 2. The van der Waals surface area contributed by atoms with Crippen molar-refractivity contribution >= 4 is 18.0 Å². The number of carbonyl (C=O) groups is 3. The molecule has 2 N–H and O–H groups in total. The summed E-state index contributed by atoms with van der Waals surface area (Å²) < 4.78 is 11.2. The quantitative estimate of drug-likeness (QED) is 0.638. The van der Waals surface area contributed by atoms with Gasteiger partial charge in [-0.3, -0.25) is 9.59 Å². The van der Waals surface area contributed by atoms with Crippen molar-refractivity contribution in [1.29, 1.82) is 0 Å². The maximum Gasteiger partial charge on any atom is 0.407 e. The molecular weight excluding hydrogens is 424 g/mol. The molecule has 8 nitrogen and oxygen atoms in total. The van der Waals surface area contributed by atoms with Crippen molar-refractivity contribution in [2.75, 3.05) is 26.3 Å². The van der Waals surface area contributed by atoms with Crippen molar-refractivity contribution < 1.29 is 29.0 Å². The van der Waals surface area contributed by atoms with E-state index in [0.717, 1.165) is 22.3 Å². The zero-order chi connectivity index (χ0) is 23.4. The molecule has 1 aliphatic heterocycles. The van der Waals surface area contributed by atoms with E-state index in [2.05, 4.69) is 29.6 Å². The smallest absolute Gasteiger partial charge is 0.407 e. The largest absolute Gasteiger partial charge is 0.481 e. The topological polar surface area (TPSA) is 105 Å². The van der Waals surface area contributed by atoms with Gasteiger partial charge in [0.2, 0.25) is 0 Å². The van der Waals surface area contributed by atoms with E-state index in [1.807, 2.05) is 24.3 Å². The number of carbonyl (C=O) groups excluding carboxylic acids is 2. The first-order chi connectivity index (χ1) is 16.0. The van der Waals surface area contributed by atoms with Crippen LogP contribution in [0.2, 0.25) is 0 Å². The third kappa shape index (κ3) is 4.85. The number of carboxylic acids is 1. The molecule has 4 rings (SSSR count). The first-order valence-corrected chi connectivity index (χ1v) is 11.2. The summed E-state index contributed by atoms with van der Waals surface area (Å²) in [6, 6.07) is 15.7. The predicted molar refractivity (Wildman–Crippen MR) is 121 cm³/mol. The minimum Gasteiger partial charge on any atom is -0.481 e. The number of aliphatic carboxylic acids is 1. The van der Waals surface area contributed by atoms with E-state index in [-0.39, 0.29) is 31.4 Å². The van der Waals surface area contributed by atoms with Crippen LogP contribution in [-0.4, -0.2) is 66.4 Å². The van der Waals surface area contributed by atoms with E-state index in [4.69, 9.17) is 14.6 Å². The molecule has 0 aromatic heterocycles. The summed E-state index contributed by atoms with van der Waals surface area (Å²) in [6.45, 7) is 2.77. The number of rotatable bonds is 8. The number of nitrogens with zero attached hydrogens (tertiary/aromatic N) is 1. The van der Waals surface area contributed by atoms with Crippen LogP contribution in [0.4, 0.5) is 4.79 Å². The van der Waals surface area contributed by atoms with Crippen LogP contribution in [-0.2, 0) is 19.1 Å². The van der Waals surface area contributed by atoms with E-state index in [9.17, 15) is 14.4 Å². The molecule has 33 heavy (non-hydrogen) atoms. The molecule has 0 bridgehead atoms. The molecule has 0 radical (unpaired) electrons. The Balaban J connectivity index is 1.37. The van der Waals surface area contributed by atoms with Crippen molar-refractivity contribution in [3.63, 3.8) is 0 Å². The predicted octanol–water partition coefficient (Wildman–Crippen LogP) is 3.01. The summed E-state index contributed by atoms with van der Waals surface area (Å²) in [5.74, 6) is -1.34. The molecule has 1 aliphatic carbocycles. The minimum absolute atomic E-state index is 0.0491. The Hall–Kier alpha value is -3.39. The Bertz CT molecular complexity index is 994. The van der Waals surface area contributed by atoms with Crippen molar-refractivity contribution in [2.24, 2.45) is 0 Å². The lowest BCUT2D eigenvalue weighted by Gasteiger charge is -2.26. The second-order valence-corrected chi connectivity index (χ2v) is 8.22. The van der Waals surface area contributed by atoms with Crippen molar-refractivity contribution in [2.45, 2.75) is 37.8 Å². The van der Waals surface area contributed by atoms with Gasteiger partial charge in [-0.2, -0.15) is 0 Å². The van der Waals surface area contributed by atoms with Gasteiger partial charge < -0.3 is 24.8 Å². The number of benzene rings is 2. The fourth-order valence-corrected chi connectivity index (χ4v) is 4.61. The van der Waals surface area contributed by atoms with Crippen LogP contribution in [0.3, 0.4) is 0 Å². The van der Waals surface area contributed by atoms with Gasteiger partial charge in [0.1, 0.15) is 6.61 Å². The highest BCUT2D eigenvalue weighted by atomic mass is 16.6. The minimum atomic E-state index is -0.970. The van der Waals surface area contributed by atoms with Gasteiger partial charge in [0.15, 0.2) is 6.10 Å². The Morgan fingerprint density at radius 3 is 2.33 bits per heavy atom. The number of alkyl carbamates (subject to hydrolysis) is 1. The second kappa shape index (κ2) is 10.0. The molecule has 174 valence electrons. The number of hydrogen-bond donors (Lipinski definition) is 2. The molecular formula is C25H28N2O6. The molecule has 0 spiro atoms. The number of fused-ring (bicyclic) bond motifs is 3. The molecule has 1 fully saturated rings. The summed E-state index contributed by atoms with van der Waals surface area (Å²) in [5.41, 5.74) is 4.55. The van der Waals surface area contributed by atoms with E-state index in [0.29, 0.717) is 19.6 Å². The average Bonchev–Trinajstić information content (AvgIpc) is 3.40. The van der Waals surface area contributed by atoms with Crippen LogP contribution in [0, 0.1) is 0 Å². The average molecular weight is 453 g/mol. The molecule has 2 aliphatic rings. The fourth-order valence-electron chi connectivity index (χ4n) is 4.61. The van der Waals surface area contributed by atoms with Crippen LogP contribution in [0.1, 0.15) is 36.8 Å². The number of nitrogens with one attached hydrogen (secondary N) is 1. The Kier molecular flexibility index (Phi) is 6.93. The van der Waals surface area contributed by atoms with Crippen LogP contribution in [0.25, 0.3) is 11.1 Å². The molecule has 2 aromatic carbocycles. The highest BCUT2D eigenvalue weighted by Crippen LogP contribution is 2.44. The summed E-state index contributed by atoms with van der Waals surface area (Å²) in [6.07, 6.45) is -1.11. The summed E-state index contributed by atoms with van der Waals surface area (Å²) >= 11 is 0. The van der Waals surface area contributed by atoms with Gasteiger partial charge in [-0.05, 0) is 35.6 Å². The standard InChI is InChI=1S/C25H28N2O6/c1-2-27(13-11-22(28)29)24(30)23-21(12-14-32-23)26-25(31)33-15-20-18-9-5-3-7-16(18)17-8-4-6-10-19(17)20/h3-10,20-21,23H,2,11-15H2,1H3,(H,26,31)(H,28,29)/t21-,23+/m1/s1. The molecule has 8 heteroatoms. The van der Waals surface area contributed by atoms with Gasteiger partial charge in [0, 0.05) is 25.6 Å². The van der Waals surface area contributed by atoms with Gasteiger partial charge in [-0.15, -0.1) is 0 Å². The Morgan fingerprint density at radius 1 is 1.09 bits per heavy atom. The molecule has 1 heterocycles. The number of amides is 2. The van der Waals surface area contributed by atoms with Crippen LogP contribution >= 0.6 is 0 Å². The lowest BCUT2D eigenvalue weighted by molar-refractivity contribution is -0.143. The van der Waals surface area contributed by atoms with E-state index in [1.165, 1.54) is 4.90 Å². The molecule has 1 saturated heterocycles. The highest BCUT2D eigenvalue weighted by Gasteiger charge is 2.38. The van der Waals surface area contributed by atoms with Crippen LogP contribution in [0.5, 0.6) is 0 Å². The molecule has 2 atom stereocenters. The van der Waals surface area contributed by atoms with Crippen LogP contribution < -0.4 is 5.32 Å². The molecule has 0 unspecified atom stereocenters. The number of hydrogen-bond acceptors (Lipinski definition) is 5. The van der Waals surface area contributed by atoms with Gasteiger partial charge in [0.05, 0.1) is 12.5 Å². The normalized spacial score (nSPS) is 18.9.